The van der Waals surface area contributed by atoms with Gasteiger partial charge in [0.2, 0.25) is 0 Å². The average molecular weight is 137 g/mol. The molecule has 0 aromatic carbocycles. The highest BCUT2D eigenvalue weighted by atomic mass is 14.8. The lowest BCUT2D eigenvalue weighted by atomic mass is 9.90. The maximum atomic E-state index is 4.36. The molecule has 1 nitrogen and oxygen atoms in total. The molecule has 1 aliphatic rings. The molecule has 0 saturated carbocycles. The second-order valence-electron chi connectivity index (χ2n) is 3.17. The summed E-state index contributed by atoms with van der Waals surface area (Å²) in [7, 11) is 0. The molecule has 0 N–H and O–H groups in total. The van der Waals surface area contributed by atoms with E-state index in [0.29, 0.717) is 12.0 Å². The lowest BCUT2D eigenvalue weighted by Crippen LogP contribution is -2.18. The van der Waals surface area contributed by atoms with Crippen LogP contribution >= 0.6 is 0 Å². The van der Waals surface area contributed by atoms with Crippen LogP contribution in [0.1, 0.15) is 27.7 Å². The number of hydrogen-bond donors (Lipinski definition) is 0. The summed E-state index contributed by atoms with van der Waals surface area (Å²) in [6, 6.07) is 0.476. The van der Waals surface area contributed by atoms with Crippen LogP contribution in [0.2, 0.25) is 0 Å². The summed E-state index contributed by atoms with van der Waals surface area (Å²) in [6.45, 7) is 8.72. The molecular formula is C9H15N. The molecule has 0 radical (unpaired) electrons. The number of rotatable bonds is 0. The van der Waals surface area contributed by atoms with Gasteiger partial charge in [0.25, 0.3) is 0 Å². The summed E-state index contributed by atoms with van der Waals surface area (Å²) < 4.78 is 0. The van der Waals surface area contributed by atoms with Gasteiger partial charge in [0.05, 0.1) is 6.04 Å². The predicted octanol–water partition coefficient (Wildman–Crippen LogP) is 2.43. The molecule has 0 aromatic heterocycles. The monoisotopic (exact) mass is 137 g/mol. The molecule has 0 spiro atoms. The van der Waals surface area contributed by atoms with Gasteiger partial charge in [0.15, 0.2) is 0 Å². The molecular weight excluding hydrogens is 122 g/mol. The van der Waals surface area contributed by atoms with Crippen molar-refractivity contribution < 1.29 is 0 Å². The van der Waals surface area contributed by atoms with E-state index in [0.717, 1.165) is 0 Å². The second kappa shape index (κ2) is 2.57. The van der Waals surface area contributed by atoms with Gasteiger partial charge >= 0.3 is 0 Å². The Morgan fingerprint density at radius 2 is 1.90 bits per heavy atom. The summed E-state index contributed by atoms with van der Waals surface area (Å²) in [5.41, 5.74) is 2.83. The average Bonchev–Trinajstić information content (AvgIpc) is 1.93. The van der Waals surface area contributed by atoms with E-state index < -0.39 is 0 Å². The summed E-state index contributed by atoms with van der Waals surface area (Å²) in [5.74, 6) is 0.630. The SMILES string of the molecule is CC1=C(C)C(C)C(C)N=C1. The minimum absolute atomic E-state index is 0.476. The van der Waals surface area contributed by atoms with Crippen molar-refractivity contribution in [2.75, 3.05) is 0 Å². The molecule has 1 rings (SSSR count). The molecule has 0 saturated heterocycles. The number of hydrogen-bond acceptors (Lipinski definition) is 1. The number of allylic oxidation sites excluding steroid dienone is 1. The van der Waals surface area contributed by atoms with Crippen molar-refractivity contribution in [3.8, 4) is 0 Å². The van der Waals surface area contributed by atoms with Crippen molar-refractivity contribution in [3.63, 3.8) is 0 Å². The van der Waals surface area contributed by atoms with Crippen LogP contribution in [0.3, 0.4) is 0 Å². The van der Waals surface area contributed by atoms with Crippen LogP contribution in [0.25, 0.3) is 0 Å². The largest absolute Gasteiger partial charge is 0.289 e. The van der Waals surface area contributed by atoms with E-state index in [1.54, 1.807) is 0 Å². The normalized spacial score (nSPS) is 33.2. The summed E-state index contributed by atoms with van der Waals surface area (Å²) >= 11 is 0. The summed E-state index contributed by atoms with van der Waals surface area (Å²) in [4.78, 5) is 4.36. The highest BCUT2D eigenvalue weighted by Crippen LogP contribution is 2.22. The number of dihydropyridines is 1. The molecule has 0 aliphatic carbocycles. The molecule has 0 aromatic rings. The molecule has 2 atom stereocenters. The van der Waals surface area contributed by atoms with Gasteiger partial charge in [0.1, 0.15) is 0 Å². The molecule has 2 unspecified atom stereocenters. The Kier molecular flexibility index (Phi) is 1.93. The van der Waals surface area contributed by atoms with Crippen LogP contribution in [0.5, 0.6) is 0 Å². The molecule has 56 valence electrons. The fourth-order valence-corrected chi connectivity index (χ4v) is 1.18. The van der Waals surface area contributed by atoms with Gasteiger partial charge in [-0.15, -0.1) is 0 Å². The Morgan fingerprint density at radius 3 is 2.40 bits per heavy atom. The van der Waals surface area contributed by atoms with E-state index in [1.165, 1.54) is 11.1 Å². The maximum absolute atomic E-state index is 4.36. The maximum Gasteiger partial charge on any atom is 0.0534 e. The second-order valence-corrected chi connectivity index (χ2v) is 3.17. The van der Waals surface area contributed by atoms with Gasteiger partial charge in [-0.25, -0.2) is 0 Å². The third kappa shape index (κ3) is 1.13. The zero-order valence-corrected chi connectivity index (χ0v) is 7.18. The standard InChI is InChI=1S/C9H15N/c1-6-5-10-9(4)8(3)7(6)2/h5,8-9H,1-4H3. The van der Waals surface area contributed by atoms with E-state index in [1.807, 2.05) is 6.21 Å². The van der Waals surface area contributed by atoms with Crippen LogP contribution in [-0.4, -0.2) is 12.3 Å². The van der Waals surface area contributed by atoms with Gasteiger partial charge < -0.3 is 0 Å². The van der Waals surface area contributed by atoms with E-state index >= 15 is 0 Å². The van der Waals surface area contributed by atoms with Crippen molar-refractivity contribution >= 4 is 6.21 Å². The van der Waals surface area contributed by atoms with Gasteiger partial charge in [-0.1, -0.05) is 12.5 Å². The third-order valence-corrected chi connectivity index (χ3v) is 2.53. The van der Waals surface area contributed by atoms with Gasteiger partial charge in [-0.2, -0.15) is 0 Å². The first-order chi connectivity index (χ1) is 4.63. The van der Waals surface area contributed by atoms with E-state index in [9.17, 15) is 0 Å². The zero-order valence-electron chi connectivity index (χ0n) is 7.18. The van der Waals surface area contributed by atoms with Crippen LogP contribution in [0, 0.1) is 5.92 Å². The first-order valence-electron chi connectivity index (χ1n) is 3.83. The molecule has 0 fully saturated rings. The zero-order chi connectivity index (χ0) is 7.72. The Hall–Kier alpha value is -0.590. The first-order valence-corrected chi connectivity index (χ1v) is 3.83. The fraction of sp³-hybridized carbons (Fsp3) is 0.667. The van der Waals surface area contributed by atoms with Gasteiger partial charge in [-0.05, 0) is 32.3 Å². The van der Waals surface area contributed by atoms with Crippen molar-refractivity contribution in [3.05, 3.63) is 11.1 Å². The predicted molar refractivity (Wildman–Crippen MR) is 45.5 cm³/mol. The lowest BCUT2D eigenvalue weighted by molar-refractivity contribution is 0.547. The van der Waals surface area contributed by atoms with Crippen LogP contribution in [0.4, 0.5) is 0 Å². The van der Waals surface area contributed by atoms with E-state index in [4.69, 9.17) is 0 Å². The van der Waals surface area contributed by atoms with Crippen LogP contribution < -0.4 is 0 Å². The third-order valence-electron chi connectivity index (χ3n) is 2.53. The minimum atomic E-state index is 0.476. The molecule has 1 aliphatic heterocycles. The van der Waals surface area contributed by atoms with Crippen LogP contribution in [0.15, 0.2) is 16.1 Å². The van der Waals surface area contributed by atoms with Gasteiger partial charge in [-0.3, -0.25) is 4.99 Å². The summed E-state index contributed by atoms with van der Waals surface area (Å²) in [5, 5.41) is 0. The minimum Gasteiger partial charge on any atom is -0.289 e. The van der Waals surface area contributed by atoms with Crippen molar-refractivity contribution in [1.29, 1.82) is 0 Å². The molecule has 0 bridgehead atoms. The van der Waals surface area contributed by atoms with Crippen molar-refractivity contribution in [2.24, 2.45) is 10.9 Å². The smallest absolute Gasteiger partial charge is 0.0534 e. The highest BCUT2D eigenvalue weighted by Gasteiger charge is 2.16. The molecule has 1 heteroatoms. The van der Waals surface area contributed by atoms with Crippen molar-refractivity contribution in [2.45, 2.75) is 33.7 Å². The first kappa shape index (κ1) is 7.52. The number of aliphatic imine (C=N–C) groups is 1. The molecule has 1 heterocycles. The molecule has 10 heavy (non-hydrogen) atoms. The van der Waals surface area contributed by atoms with Crippen LogP contribution in [-0.2, 0) is 0 Å². The summed E-state index contributed by atoms with van der Waals surface area (Å²) in [6.07, 6.45) is 1.99. The quantitative estimate of drug-likeness (QED) is 0.486. The lowest BCUT2D eigenvalue weighted by Gasteiger charge is -2.22. The van der Waals surface area contributed by atoms with E-state index in [2.05, 4.69) is 32.7 Å². The number of nitrogens with zero attached hydrogens (tertiary/aromatic N) is 1. The Morgan fingerprint density at radius 1 is 1.30 bits per heavy atom. The Labute approximate surface area is 62.9 Å². The Balaban J connectivity index is 2.88. The Bertz CT molecular complexity index is 189. The fourth-order valence-electron chi connectivity index (χ4n) is 1.18. The molecule has 0 amide bonds. The topological polar surface area (TPSA) is 12.4 Å². The van der Waals surface area contributed by atoms with Crippen molar-refractivity contribution in [1.82, 2.24) is 0 Å². The highest BCUT2D eigenvalue weighted by molar-refractivity contribution is 5.80. The van der Waals surface area contributed by atoms with Gasteiger partial charge in [0, 0.05) is 6.21 Å². The van der Waals surface area contributed by atoms with E-state index in [-0.39, 0.29) is 0 Å².